The van der Waals surface area contributed by atoms with E-state index in [1.807, 2.05) is 0 Å². The van der Waals surface area contributed by atoms with Crippen molar-refractivity contribution in [3.05, 3.63) is 35.4 Å². The standard InChI is InChI=1S/C18H25F2N3O3S/c1-27(24,25)23-8-11-6-22(7-12(11)9-23)14-5-17(21)18(26-10-14)15-4-13(19)2-3-16(15)20/h2-4,11-12,14,17-18H,5-10,21H2,1H3. The predicted molar refractivity (Wildman–Crippen MR) is 96.4 cm³/mol. The van der Waals surface area contributed by atoms with Gasteiger partial charge in [-0.1, -0.05) is 0 Å². The van der Waals surface area contributed by atoms with Crippen LogP contribution in [0.5, 0.6) is 0 Å². The van der Waals surface area contributed by atoms with Crippen LogP contribution in [0.2, 0.25) is 0 Å². The van der Waals surface area contributed by atoms with Crippen LogP contribution in [0, 0.1) is 23.5 Å². The highest BCUT2D eigenvalue weighted by Crippen LogP contribution is 2.37. The maximum atomic E-state index is 14.0. The summed E-state index contributed by atoms with van der Waals surface area (Å²) < 4.78 is 58.4. The lowest BCUT2D eigenvalue weighted by atomic mass is 9.93. The Morgan fingerprint density at radius 3 is 2.41 bits per heavy atom. The molecule has 3 aliphatic rings. The molecule has 5 atom stereocenters. The Balaban J connectivity index is 1.38. The van der Waals surface area contributed by atoms with Gasteiger partial charge in [-0.05, 0) is 36.5 Å². The summed E-state index contributed by atoms with van der Waals surface area (Å²) in [6.45, 7) is 3.17. The number of hydrogen-bond acceptors (Lipinski definition) is 5. The molecule has 3 aliphatic heterocycles. The van der Waals surface area contributed by atoms with Crippen LogP contribution in [0.1, 0.15) is 18.1 Å². The van der Waals surface area contributed by atoms with Crippen molar-refractivity contribution in [3.63, 3.8) is 0 Å². The Bertz CT molecular complexity index is 808. The van der Waals surface area contributed by atoms with E-state index < -0.39 is 33.8 Å². The van der Waals surface area contributed by atoms with Gasteiger partial charge in [0.1, 0.15) is 17.7 Å². The molecule has 0 spiro atoms. The van der Waals surface area contributed by atoms with E-state index in [2.05, 4.69) is 4.90 Å². The summed E-state index contributed by atoms with van der Waals surface area (Å²) in [7, 11) is -3.14. The zero-order chi connectivity index (χ0) is 19.3. The van der Waals surface area contributed by atoms with E-state index in [9.17, 15) is 17.2 Å². The molecule has 3 fully saturated rings. The molecule has 0 radical (unpaired) electrons. The summed E-state index contributed by atoms with van der Waals surface area (Å²) in [5.74, 6) is -0.359. The number of fused-ring (bicyclic) bond motifs is 1. The quantitative estimate of drug-likeness (QED) is 0.816. The van der Waals surface area contributed by atoms with Crippen LogP contribution in [0.25, 0.3) is 0 Å². The molecule has 150 valence electrons. The molecular weight excluding hydrogens is 376 g/mol. The average Bonchev–Trinajstić information content (AvgIpc) is 3.16. The van der Waals surface area contributed by atoms with E-state index in [1.54, 1.807) is 4.31 Å². The van der Waals surface area contributed by atoms with Crippen molar-refractivity contribution in [1.29, 1.82) is 0 Å². The van der Waals surface area contributed by atoms with Gasteiger partial charge in [0.25, 0.3) is 0 Å². The minimum atomic E-state index is -3.14. The molecular formula is C18H25F2N3O3S. The van der Waals surface area contributed by atoms with E-state index in [4.69, 9.17) is 10.5 Å². The van der Waals surface area contributed by atoms with E-state index in [1.165, 1.54) is 6.26 Å². The third-order valence-corrected chi connectivity index (χ3v) is 7.37. The molecule has 1 aromatic rings. The molecule has 1 aromatic carbocycles. The lowest BCUT2D eigenvalue weighted by Gasteiger charge is -2.39. The molecule has 0 aromatic heterocycles. The van der Waals surface area contributed by atoms with Crippen LogP contribution in [-0.2, 0) is 14.8 Å². The molecule has 5 unspecified atom stereocenters. The van der Waals surface area contributed by atoms with E-state index in [-0.39, 0.29) is 11.6 Å². The van der Waals surface area contributed by atoms with Crippen molar-refractivity contribution in [2.45, 2.75) is 24.6 Å². The molecule has 0 amide bonds. The van der Waals surface area contributed by atoms with Crippen LogP contribution in [0.15, 0.2) is 18.2 Å². The zero-order valence-electron chi connectivity index (χ0n) is 15.2. The first-order valence-corrected chi connectivity index (χ1v) is 11.1. The largest absolute Gasteiger partial charge is 0.370 e. The van der Waals surface area contributed by atoms with Gasteiger partial charge in [0.05, 0.1) is 12.9 Å². The van der Waals surface area contributed by atoms with Crippen molar-refractivity contribution in [1.82, 2.24) is 9.21 Å². The third-order valence-electron chi connectivity index (χ3n) is 6.13. The molecule has 3 heterocycles. The number of halogens is 2. The van der Waals surface area contributed by atoms with E-state index >= 15 is 0 Å². The predicted octanol–water partition coefficient (Wildman–Crippen LogP) is 0.945. The average molecular weight is 401 g/mol. The summed E-state index contributed by atoms with van der Waals surface area (Å²) in [6, 6.07) is 3.03. The molecule has 9 heteroatoms. The van der Waals surface area contributed by atoms with Crippen LogP contribution in [0.3, 0.4) is 0 Å². The number of nitrogens with zero attached hydrogens (tertiary/aromatic N) is 2. The van der Waals surface area contributed by atoms with Crippen molar-refractivity contribution in [2.75, 3.05) is 39.0 Å². The number of nitrogens with two attached hydrogens (primary N) is 1. The highest BCUT2D eigenvalue weighted by molar-refractivity contribution is 7.88. The van der Waals surface area contributed by atoms with Crippen LogP contribution in [0.4, 0.5) is 8.78 Å². The third kappa shape index (κ3) is 3.75. The summed E-state index contributed by atoms with van der Waals surface area (Å²) in [6.07, 6.45) is 1.24. The normalized spacial score (nSPS) is 35.5. The van der Waals surface area contributed by atoms with Crippen molar-refractivity contribution in [2.24, 2.45) is 17.6 Å². The van der Waals surface area contributed by atoms with Gasteiger partial charge in [-0.2, -0.15) is 0 Å². The van der Waals surface area contributed by atoms with Gasteiger partial charge in [-0.15, -0.1) is 0 Å². The molecule has 4 rings (SSSR count). The highest BCUT2D eigenvalue weighted by Gasteiger charge is 2.45. The summed E-state index contributed by atoms with van der Waals surface area (Å²) in [5, 5.41) is 0. The monoisotopic (exact) mass is 401 g/mol. The minimum Gasteiger partial charge on any atom is -0.370 e. The summed E-state index contributed by atoms with van der Waals surface area (Å²) in [5.41, 5.74) is 6.42. The number of hydrogen-bond donors (Lipinski definition) is 1. The molecule has 0 bridgehead atoms. The fraction of sp³-hybridized carbons (Fsp3) is 0.667. The number of likely N-dealkylation sites (tertiary alicyclic amines) is 1. The van der Waals surface area contributed by atoms with Gasteiger partial charge in [-0.25, -0.2) is 21.5 Å². The van der Waals surface area contributed by atoms with Crippen molar-refractivity contribution >= 4 is 10.0 Å². The minimum absolute atomic E-state index is 0.116. The maximum Gasteiger partial charge on any atom is 0.211 e. The lowest BCUT2D eigenvalue weighted by molar-refractivity contribution is -0.0485. The molecule has 0 saturated carbocycles. The Hall–Kier alpha value is -1.13. The fourth-order valence-electron chi connectivity index (χ4n) is 4.71. The van der Waals surface area contributed by atoms with Crippen LogP contribution >= 0.6 is 0 Å². The van der Waals surface area contributed by atoms with Gasteiger partial charge in [0.2, 0.25) is 10.0 Å². The highest BCUT2D eigenvalue weighted by atomic mass is 32.2. The van der Waals surface area contributed by atoms with E-state index in [0.717, 1.165) is 31.3 Å². The second-order valence-electron chi connectivity index (χ2n) is 8.03. The number of sulfonamides is 1. The smallest absolute Gasteiger partial charge is 0.211 e. The first-order valence-electron chi connectivity index (χ1n) is 9.23. The number of benzene rings is 1. The summed E-state index contributed by atoms with van der Waals surface area (Å²) in [4.78, 5) is 2.31. The second kappa shape index (κ2) is 7.04. The SMILES string of the molecule is CS(=O)(=O)N1CC2CN(C3COC(c4cc(F)ccc4F)C(N)C3)CC2C1. The van der Waals surface area contributed by atoms with Gasteiger partial charge in [-0.3, -0.25) is 4.90 Å². The zero-order valence-corrected chi connectivity index (χ0v) is 16.0. The maximum absolute atomic E-state index is 14.0. The first kappa shape index (κ1) is 19.2. The first-order chi connectivity index (χ1) is 12.7. The molecule has 27 heavy (non-hydrogen) atoms. The number of ether oxygens (including phenoxy) is 1. The van der Waals surface area contributed by atoms with Gasteiger partial charge >= 0.3 is 0 Å². The topological polar surface area (TPSA) is 75.9 Å². The molecule has 6 nitrogen and oxygen atoms in total. The van der Waals surface area contributed by atoms with Crippen molar-refractivity contribution < 1.29 is 21.9 Å². The molecule has 0 aliphatic carbocycles. The lowest BCUT2D eigenvalue weighted by Crippen LogP contribution is -2.49. The van der Waals surface area contributed by atoms with E-state index in [0.29, 0.717) is 38.0 Å². The molecule has 3 saturated heterocycles. The van der Waals surface area contributed by atoms with Gasteiger partial charge < -0.3 is 10.5 Å². The van der Waals surface area contributed by atoms with Gasteiger partial charge in [0, 0.05) is 43.8 Å². The van der Waals surface area contributed by atoms with Gasteiger partial charge in [0.15, 0.2) is 0 Å². The van der Waals surface area contributed by atoms with Crippen LogP contribution < -0.4 is 5.73 Å². The molecule has 2 N–H and O–H groups in total. The van der Waals surface area contributed by atoms with Crippen molar-refractivity contribution in [3.8, 4) is 0 Å². The number of rotatable bonds is 3. The van der Waals surface area contributed by atoms with Crippen LogP contribution in [-0.4, -0.2) is 68.7 Å². The Morgan fingerprint density at radius 1 is 1.15 bits per heavy atom. The fourth-order valence-corrected chi connectivity index (χ4v) is 5.63. The summed E-state index contributed by atoms with van der Waals surface area (Å²) >= 11 is 0. The Kier molecular flexibility index (Phi) is 5.00. The second-order valence-corrected chi connectivity index (χ2v) is 10.0. The Morgan fingerprint density at radius 2 is 1.81 bits per heavy atom. The Labute approximate surface area is 158 Å².